The van der Waals surface area contributed by atoms with E-state index in [0.717, 1.165) is 37.7 Å². The maximum Gasteiger partial charge on any atom is 0.187 e. The average Bonchev–Trinajstić information content (AvgIpc) is 2.38. The Balaban J connectivity index is 1.95. The van der Waals surface area contributed by atoms with E-state index in [0.29, 0.717) is 0 Å². The van der Waals surface area contributed by atoms with Gasteiger partial charge in [-0.25, -0.2) is 0 Å². The van der Waals surface area contributed by atoms with Crippen LogP contribution < -0.4 is 0 Å². The third-order valence-corrected chi connectivity index (χ3v) is 4.47. The Morgan fingerprint density at radius 1 is 1.06 bits per heavy atom. The summed E-state index contributed by atoms with van der Waals surface area (Å²) in [5, 5.41) is 10.3. The van der Waals surface area contributed by atoms with E-state index in [-0.39, 0.29) is 11.7 Å². The zero-order valence-electron chi connectivity index (χ0n) is 11.4. The lowest BCUT2D eigenvalue weighted by molar-refractivity contribution is -0.126. The number of ketones is 1. The number of allylic oxidation sites excluding steroid dienone is 1. The fourth-order valence-corrected chi connectivity index (χ4v) is 3.27. The molecule has 2 aliphatic carbocycles. The first-order valence-corrected chi connectivity index (χ1v) is 7.70. The van der Waals surface area contributed by atoms with Crippen molar-refractivity contribution in [2.75, 3.05) is 0 Å². The Kier molecular flexibility index (Phi) is 5.43. The number of aliphatic hydroxyl groups excluding tert-OH is 1. The average molecular weight is 250 g/mol. The van der Waals surface area contributed by atoms with Crippen molar-refractivity contribution in [1.82, 2.24) is 0 Å². The topological polar surface area (TPSA) is 37.3 Å². The van der Waals surface area contributed by atoms with Crippen molar-refractivity contribution >= 4 is 5.78 Å². The Labute approximate surface area is 110 Å². The van der Waals surface area contributed by atoms with Crippen molar-refractivity contribution in [2.24, 2.45) is 5.92 Å². The number of hydrogen-bond acceptors (Lipinski definition) is 2. The smallest absolute Gasteiger partial charge is 0.187 e. The van der Waals surface area contributed by atoms with E-state index in [2.05, 4.69) is 6.08 Å². The largest absolute Gasteiger partial charge is 0.385 e. The third-order valence-electron chi connectivity index (χ3n) is 4.47. The summed E-state index contributed by atoms with van der Waals surface area (Å²) in [5.41, 5.74) is 0.910. The standard InChI is InChI=1S/C16H26O2/c17-15(13-9-5-2-1-3-6-10-13)16(18)14-11-7-4-8-12-14/h9,14,16,18H,1-8,10-12H2. The molecule has 2 aliphatic rings. The Bertz CT molecular complexity index is 300. The van der Waals surface area contributed by atoms with E-state index in [1.807, 2.05) is 0 Å². The molecule has 102 valence electrons. The van der Waals surface area contributed by atoms with Crippen molar-refractivity contribution in [3.63, 3.8) is 0 Å². The van der Waals surface area contributed by atoms with E-state index in [4.69, 9.17) is 0 Å². The predicted molar refractivity (Wildman–Crippen MR) is 73.4 cm³/mol. The van der Waals surface area contributed by atoms with Gasteiger partial charge in [-0.3, -0.25) is 4.79 Å². The summed E-state index contributed by atoms with van der Waals surface area (Å²) in [5.74, 6) is 0.251. The minimum Gasteiger partial charge on any atom is -0.385 e. The van der Waals surface area contributed by atoms with Gasteiger partial charge in [0, 0.05) is 0 Å². The lowest BCUT2D eigenvalue weighted by atomic mass is 9.81. The van der Waals surface area contributed by atoms with E-state index in [1.165, 1.54) is 38.5 Å². The lowest BCUT2D eigenvalue weighted by Crippen LogP contribution is -2.32. The van der Waals surface area contributed by atoms with Gasteiger partial charge in [0.25, 0.3) is 0 Å². The van der Waals surface area contributed by atoms with Crippen molar-refractivity contribution < 1.29 is 9.90 Å². The molecule has 18 heavy (non-hydrogen) atoms. The quantitative estimate of drug-likeness (QED) is 0.827. The molecule has 0 amide bonds. The molecule has 2 rings (SSSR count). The maximum atomic E-state index is 12.3. The number of hydrogen-bond donors (Lipinski definition) is 1. The maximum absolute atomic E-state index is 12.3. The molecule has 1 saturated carbocycles. The van der Waals surface area contributed by atoms with Gasteiger partial charge < -0.3 is 5.11 Å². The van der Waals surface area contributed by atoms with Crippen LogP contribution >= 0.6 is 0 Å². The van der Waals surface area contributed by atoms with Crippen LogP contribution in [0, 0.1) is 5.92 Å². The molecule has 0 spiro atoms. The lowest BCUT2D eigenvalue weighted by Gasteiger charge is -2.26. The van der Waals surface area contributed by atoms with Crippen molar-refractivity contribution in [3.05, 3.63) is 11.6 Å². The summed E-state index contributed by atoms with van der Waals surface area (Å²) in [6.45, 7) is 0. The molecule has 0 aromatic heterocycles. The molecule has 1 N–H and O–H groups in total. The molecule has 0 aliphatic heterocycles. The van der Waals surface area contributed by atoms with Gasteiger partial charge in [0.05, 0.1) is 0 Å². The summed E-state index contributed by atoms with van der Waals surface area (Å²) in [7, 11) is 0. The normalized spacial score (nSPS) is 24.8. The first-order chi connectivity index (χ1) is 8.79. The monoisotopic (exact) mass is 250 g/mol. The number of carbonyl (C=O) groups is 1. The molecule has 0 aromatic carbocycles. The van der Waals surface area contributed by atoms with Gasteiger partial charge >= 0.3 is 0 Å². The Morgan fingerprint density at radius 2 is 1.72 bits per heavy atom. The first kappa shape index (κ1) is 13.8. The highest BCUT2D eigenvalue weighted by Crippen LogP contribution is 2.29. The second kappa shape index (κ2) is 7.08. The van der Waals surface area contributed by atoms with Crippen LogP contribution in [-0.2, 0) is 4.79 Å². The van der Waals surface area contributed by atoms with Crippen LogP contribution in [0.4, 0.5) is 0 Å². The van der Waals surface area contributed by atoms with Crippen LogP contribution in [0.25, 0.3) is 0 Å². The van der Waals surface area contributed by atoms with Gasteiger partial charge in [0.1, 0.15) is 6.10 Å². The summed E-state index contributed by atoms with van der Waals surface area (Å²) >= 11 is 0. The van der Waals surface area contributed by atoms with Crippen LogP contribution in [0.3, 0.4) is 0 Å². The van der Waals surface area contributed by atoms with Gasteiger partial charge in [-0.1, -0.05) is 38.2 Å². The fourth-order valence-electron chi connectivity index (χ4n) is 3.27. The highest BCUT2D eigenvalue weighted by molar-refractivity contribution is 5.98. The highest BCUT2D eigenvalue weighted by atomic mass is 16.3. The number of aliphatic hydroxyl groups is 1. The summed E-state index contributed by atoms with van der Waals surface area (Å²) in [6, 6.07) is 0. The van der Waals surface area contributed by atoms with Crippen molar-refractivity contribution in [2.45, 2.75) is 76.7 Å². The van der Waals surface area contributed by atoms with Gasteiger partial charge in [-0.2, -0.15) is 0 Å². The van der Waals surface area contributed by atoms with Crippen LogP contribution in [0.5, 0.6) is 0 Å². The highest BCUT2D eigenvalue weighted by Gasteiger charge is 2.29. The molecule has 1 fully saturated rings. The van der Waals surface area contributed by atoms with Gasteiger partial charge in [0.2, 0.25) is 0 Å². The van der Waals surface area contributed by atoms with Crippen LogP contribution in [0.1, 0.15) is 70.6 Å². The predicted octanol–water partition coefficient (Wildman–Crippen LogP) is 3.78. The second-order valence-corrected chi connectivity index (χ2v) is 5.89. The van der Waals surface area contributed by atoms with E-state index < -0.39 is 6.10 Å². The number of rotatable bonds is 3. The molecular formula is C16H26O2. The minimum atomic E-state index is -0.726. The summed E-state index contributed by atoms with van der Waals surface area (Å²) < 4.78 is 0. The number of carbonyl (C=O) groups excluding carboxylic acids is 1. The Morgan fingerprint density at radius 3 is 2.50 bits per heavy atom. The SMILES string of the molecule is O=C(C1=CCCCCCC1)C(O)C1CCCCC1. The first-order valence-electron chi connectivity index (χ1n) is 7.70. The zero-order valence-corrected chi connectivity index (χ0v) is 11.4. The fraction of sp³-hybridized carbons (Fsp3) is 0.812. The van der Waals surface area contributed by atoms with Gasteiger partial charge in [-0.15, -0.1) is 0 Å². The molecule has 0 saturated heterocycles. The molecular weight excluding hydrogens is 224 g/mol. The van der Waals surface area contributed by atoms with Gasteiger partial charge in [0.15, 0.2) is 5.78 Å². The Hall–Kier alpha value is -0.630. The van der Waals surface area contributed by atoms with Crippen molar-refractivity contribution in [1.29, 1.82) is 0 Å². The molecule has 2 nitrogen and oxygen atoms in total. The van der Waals surface area contributed by atoms with E-state index >= 15 is 0 Å². The molecule has 0 aromatic rings. The second-order valence-electron chi connectivity index (χ2n) is 5.89. The van der Waals surface area contributed by atoms with Crippen LogP contribution in [-0.4, -0.2) is 17.0 Å². The van der Waals surface area contributed by atoms with Crippen LogP contribution in [0.15, 0.2) is 11.6 Å². The van der Waals surface area contributed by atoms with Crippen molar-refractivity contribution in [3.8, 4) is 0 Å². The van der Waals surface area contributed by atoms with Gasteiger partial charge in [-0.05, 0) is 50.0 Å². The molecule has 0 heterocycles. The summed E-state index contributed by atoms with van der Waals surface area (Å²) in [4.78, 5) is 12.3. The molecule has 0 bridgehead atoms. The molecule has 1 atom stereocenters. The molecule has 0 radical (unpaired) electrons. The van der Waals surface area contributed by atoms with E-state index in [9.17, 15) is 9.90 Å². The molecule has 1 unspecified atom stereocenters. The third kappa shape index (κ3) is 3.68. The summed E-state index contributed by atoms with van der Waals surface area (Å²) in [6.07, 6.45) is 13.7. The number of Topliss-reactive ketones (excluding diaryl/α,β-unsaturated/α-hetero) is 1. The minimum absolute atomic E-state index is 0.0313. The van der Waals surface area contributed by atoms with Crippen LogP contribution in [0.2, 0.25) is 0 Å². The zero-order chi connectivity index (χ0) is 12.8. The van der Waals surface area contributed by atoms with E-state index in [1.54, 1.807) is 0 Å². The molecule has 2 heteroatoms.